The van der Waals surface area contributed by atoms with Crippen molar-refractivity contribution in [1.82, 2.24) is 29.3 Å². The van der Waals surface area contributed by atoms with Gasteiger partial charge in [0.15, 0.2) is 11.2 Å². The van der Waals surface area contributed by atoms with Gasteiger partial charge in [0.05, 0.1) is 0 Å². The number of aryl methyl sites for hydroxylation is 2. The summed E-state index contributed by atoms with van der Waals surface area (Å²) in [6.45, 7) is 9.39. The van der Waals surface area contributed by atoms with Gasteiger partial charge in [-0.25, -0.2) is 9.78 Å². The number of hydrogen-bond acceptors (Lipinski definition) is 5. The number of carbonyl (C=O) groups is 1. The molecule has 2 aromatic heterocycles. The second-order valence-corrected chi connectivity index (χ2v) is 9.54. The third kappa shape index (κ3) is 7.14. The molecule has 2 heterocycles. The third-order valence-electron chi connectivity index (χ3n) is 5.93. The number of hydrogen-bond donors (Lipinski definition) is 2. The molecule has 0 aliphatic heterocycles. The Morgan fingerprint density at radius 1 is 1.17 bits per heavy atom. The van der Waals surface area contributed by atoms with Gasteiger partial charge in [-0.3, -0.25) is 19.1 Å². The van der Waals surface area contributed by atoms with Crippen molar-refractivity contribution in [2.24, 2.45) is 5.92 Å². The van der Waals surface area contributed by atoms with Crippen LogP contribution in [0.4, 0.5) is 0 Å². The van der Waals surface area contributed by atoms with E-state index in [1.54, 1.807) is 4.57 Å². The lowest BCUT2D eigenvalue weighted by Crippen LogP contribution is -2.33. The molecule has 9 heteroatoms. The molecule has 1 aromatic carbocycles. The van der Waals surface area contributed by atoms with E-state index in [1.807, 2.05) is 29.8 Å². The van der Waals surface area contributed by atoms with Gasteiger partial charge in [0.2, 0.25) is 5.91 Å². The number of carbonyl (C=O) groups excluding carboxylic acids is 1. The maximum absolute atomic E-state index is 12.7. The molecule has 0 aliphatic carbocycles. The Labute approximate surface area is 206 Å². The molecule has 0 atom stereocenters. The van der Waals surface area contributed by atoms with E-state index in [0.717, 1.165) is 25.9 Å². The van der Waals surface area contributed by atoms with Gasteiger partial charge in [0, 0.05) is 45.6 Å². The van der Waals surface area contributed by atoms with Crippen LogP contribution in [0.2, 0.25) is 0 Å². The SMILES string of the molecule is CCCCn1c(=O)[nH]c(=O)c2c1nc(CCC(=O)NCCN(C)Cc1ccccc1)n2CC(C)C. The van der Waals surface area contributed by atoms with E-state index >= 15 is 0 Å². The van der Waals surface area contributed by atoms with Crippen molar-refractivity contribution in [2.45, 2.75) is 66.1 Å². The molecule has 0 fully saturated rings. The largest absolute Gasteiger partial charge is 0.355 e. The zero-order chi connectivity index (χ0) is 25.4. The first-order valence-corrected chi connectivity index (χ1v) is 12.5. The summed E-state index contributed by atoms with van der Waals surface area (Å²) in [6, 6.07) is 10.2. The van der Waals surface area contributed by atoms with Crippen molar-refractivity contribution in [3.63, 3.8) is 0 Å². The minimum Gasteiger partial charge on any atom is -0.355 e. The summed E-state index contributed by atoms with van der Waals surface area (Å²) >= 11 is 0. The van der Waals surface area contributed by atoms with E-state index in [1.165, 1.54) is 5.56 Å². The summed E-state index contributed by atoms with van der Waals surface area (Å²) in [5.41, 5.74) is 1.19. The fraction of sp³-hybridized carbons (Fsp3) is 0.538. The minimum atomic E-state index is -0.436. The zero-order valence-electron chi connectivity index (χ0n) is 21.3. The van der Waals surface area contributed by atoms with Gasteiger partial charge in [-0.1, -0.05) is 57.5 Å². The Hall–Kier alpha value is -3.20. The summed E-state index contributed by atoms with van der Waals surface area (Å²) in [7, 11) is 2.03. The molecular formula is C26H38N6O3. The topological polar surface area (TPSA) is 105 Å². The third-order valence-corrected chi connectivity index (χ3v) is 5.93. The van der Waals surface area contributed by atoms with Gasteiger partial charge in [0.1, 0.15) is 5.82 Å². The predicted octanol–water partition coefficient (Wildman–Crippen LogP) is 2.52. The first-order valence-electron chi connectivity index (χ1n) is 12.5. The van der Waals surface area contributed by atoms with Gasteiger partial charge in [-0.15, -0.1) is 0 Å². The molecule has 0 radical (unpaired) electrons. The van der Waals surface area contributed by atoms with Crippen LogP contribution in [0, 0.1) is 5.92 Å². The van der Waals surface area contributed by atoms with Crippen LogP contribution in [0.3, 0.4) is 0 Å². The lowest BCUT2D eigenvalue weighted by Gasteiger charge is -2.17. The van der Waals surface area contributed by atoms with Crippen LogP contribution in [0.15, 0.2) is 39.9 Å². The van der Waals surface area contributed by atoms with Gasteiger partial charge >= 0.3 is 5.69 Å². The van der Waals surface area contributed by atoms with Gasteiger partial charge in [-0.05, 0) is 24.9 Å². The van der Waals surface area contributed by atoms with E-state index < -0.39 is 11.2 Å². The van der Waals surface area contributed by atoms with Gasteiger partial charge in [0.25, 0.3) is 5.56 Å². The minimum absolute atomic E-state index is 0.0569. The maximum Gasteiger partial charge on any atom is 0.330 e. The first kappa shape index (κ1) is 26.4. The number of aromatic nitrogens is 4. The summed E-state index contributed by atoms with van der Waals surface area (Å²) in [4.78, 5) is 47.0. The number of benzene rings is 1. The average molecular weight is 483 g/mol. The molecule has 0 aliphatic rings. The van der Waals surface area contributed by atoms with Crippen molar-refractivity contribution in [3.05, 3.63) is 62.6 Å². The second-order valence-electron chi connectivity index (χ2n) is 9.54. The summed E-state index contributed by atoms with van der Waals surface area (Å²) < 4.78 is 3.42. The molecule has 0 bridgehead atoms. The Morgan fingerprint density at radius 3 is 2.60 bits per heavy atom. The van der Waals surface area contributed by atoms with Crippen molar-refractivity contribution in [2.75, 3.05) is 20.1 Å². The van der Waals surface area contributed by atoms with Crippen LogP contribution in [0.25, 0.3) is 11.2 Å². The molecular weight excluding hydrogens is 444 g/mol. The van der Waals surface area contributed by atoms with Crippen molar-refractivity contribution in [1.29, 1.82) is 0 Å². The van der Waals surface area contributed by atoms with E-state index in [2.05, 4.69) is 53.1 Å². The summed E-state index contributed by atoms with van der Waals surface area (Å²) in [6.07, 6.45) is 2.40. The molecule has 190 valence electrons. The van der Waals surface area contributed by atoms with Crippen molar-refractivity contribution >= 4 is 17.1 Å². The standard InChI is InChI=1S/C26H38N6O3/c1-5-6-15-31-24-23(25(34)29-26(31)35)32(17-19(2)3)21(28-24)12-13-22(33)27-14-16-30(4)18-20-10-8-7-9-11-20/h7-11,19H,5-6,12-18H2,1-4H3,(H,27,33)(H,29,34,35). The number of amides is 1. The maximum atomic E-state index is 12.7. The normalized spacial score (nSPS) is 11.6. The molecule has 3 aromatic rings. The van der Waals surface area contributed by atoms with Crippen LogP contribution in [-0.2, 0) is 30.8 Å². The Bertz CT molecular complexity index is 1230. The molecule has 0 saturated heterocycles. The highest BCUT2D eigenvalue weighted by molar-refractivity contribution is 5.76. The number of H-pyrrole nitrogens is 1. The highest BCUT2D eigenvalue weighted by Gasteiger charge is 2.19. The predicted molar refractivity (Wildman–Crippen MR) is 138 cm³/mol. The number of likely N-dealkylation sites (N-methyl/N-ethyl adjacent to an activating group) is 1. The molecule has 1 amide bonds. The number of fused-ring (bicyclic) bond motifs is 1. The van der Waals surface area contributed by atoms with E-state index in [9.17, 15) is 14.4 Å². The van der Waals surface area contributed by atoms with Gasteiger partial charge < -0.3 is 14.8 Å². The highest BCUT2D eigenvalue weighted by atomic mass is 16.2. The van der Waals surface area contributed by atoms with Crippen LogP contribution >= 0.6 is 0 Å². The van der Waals surface area contributed by atoms with Crippen LogP contribution < -0.4 is 16.6 Å². The lowest BCUT2D eigenvalue weighted by molar-refractivity contribution is -0.121. The number of aromatic amines is 1. The number of imidazole rings is 1. The quantitative estimate of drug-likeness (QED) is 0.390. The molecule has 2 N–H and O–H groups in total. The van der Waals surface area contributed by atoms with Crippen molar-refractivity contribution < 1.29 is 4.79 Å². The van der Waals surface area contributed by atoms with Gasteiger partial charge in [-0.2, -0.15) is 0 Å². The number of nitrogens with one attached hydrogen (secondary N) is 2. The molecule has 0 unspecified atom stereocenters. The number of nitrogens with zero attached hydrogens (tertiary/aromatic N) is 4. The monoisotopic (exact) mass is 482 g/mol. The molecule has 0 spiro atoms. The van der Waals surface area contributed by atoms with Crippen LogP contribution in [0.1, 0.15) is 51.4 Å². The Kier molecular flexibility index (Phi) is 9.42. The van der Waals surface area contributed by atoms with E-state index in [0.29, 0.717) is 43.0 Å². The molecule has 35 heavy (non-hydrogen) atoms. The number of rotatable bonds is 13. The first-order chi connectivity index (χ1) is 16.8. The second kappa shape index (κ2) is 12.5. The summed E-state index contributed by atoms with van der Waals surface area (Å²) in [5, 5.41) is 2.98. The molecule has 3 rings (SSSR count). The molecule has 0 saturated carbocycles. The fourth-order valence-corrected chi connectivity index (χ4v) is 4.17. The van der Waals surface area contributed by atoms with Crippen molar-refractivity contribution in [3.8, 4) is 0 Å². The number of unbranched alkanes of at least 4 members (excludes halogenated alkanes) is 1. The Balaban J connectivity index is 1.67. The highest BCUT2D eigenvalue weighted by Crippen LogP contribution is 2.16. The lowest BCUT2D eigenvalue weighted by atomic mass is 10.2. The fourth-order valence-electron chi connectivity index (χ4n) is 4.17. The summed E-state index contributed by atoms with van der Waals surface area (Å²) in [5.74, 6) is 0.875. The average Bonchev–Trinajstić information content (AvgIpc) is 3.16. The van der Waals surface area contributed by atoms with Crippen LogP contribution in [0.5, 0.6) is 0 Å². The molecule has 9 nitrogen and oxygen atoms in total. The Morgan fingerprint density at radius 2 is 1.91 bits per heavy atom. The van der Waals surface area contributed by atoms with Crippen LogP contribution in [-0.4, -0.2) is 50.0 Å². The van der Waals surface area contributed by atoms with E-state index in [-0.39, 0.29) is 18.2 Å². The van der Waals surface area contributed by atoms with E-state index in [4.69, 9.17) is 0 Å². The smallest absolute Gasteiger partial charge is 0.330 e. The zero-order valence-corrected chi connectivity index (χ0v) is 21.3.